The summed E-state index contributed by atoms with van der Waals surface area (Å²) in [6, 6.07) is 8.97. The molecule has 11 heteroatoms. The highest BCUT2D eigenvalue weighted by Crippen LogP contribution is 2.24. The number of carbonyl (C=O) groups excluding carboxylic acids is 1. The Hall–Kier alpha value is -3.08. The van der Waals surface area contributed by atoms with Crippen molar-refractivity contribution < 1.29 is 27.4 Å². The maximum atomic E-state index is 12.7. The second kappa shape index (κ2) is 8.96. The second-order valence-electron chi connectivity index (χ2n) is 7.20. The van der Waals surface area contributed by atoms with Crippen LogP contribution in [0.3, 0.4) is 0 Å². The number of nitrogens with zero attached hydrogens (tertiary/aromatic N) is 5. The lowest BCUT2D eigenvalue weighted by Gasteiger charge is -2.35. The molecule has 4 rings (SSSR count). The van der Waals surface area contributed by atoms with Gasteiger partial charge in [-0.15, -0.1) is 23.4 Å². The van der Waals surface area contributed by atoms with Gasteiger partial charge in [-0.1, -0.05) is 6.07 Å². The molecule has 0 aliphatic carbocycles. The average molecular weight is 437 g/mol. The fraction of sp³-hybridized carbons (Fsp3) is 0.450. The first-order chi connectivity index (χ1) is 14.9. The quantitative estimate of drug-likeness (QED) is 0.726. The van der Waals surface area contributed by atoms with E-state index < -0.39 is 12.1 Å². The number of hydrogen-bond donors (Lipinski definition) is 0. The number of rotatable bonds is 4. The Labute approximate surface area is 177 Å². The third-order valence-electron chi connectivity index (χ3n) is 5.18. The van der Waals surface area contributed by atoms with Crippen LogP contribution in [0.2, 0.25) is 0 Å². The minimum Gasteiger partial charge on any atom is -0.406 e. The van der Waals surface area contributed by atoms with Crippen LogP contribution in [0, 0.1) is 0 Å². The van der Waals surface area contributed by atoms with Crippen molar-refractivity contribution in [3.05, 3.63) is 42.0 Å². The van der Waals surface area contributed by atoms with E-state index in [2.05, 4.69) is 19.8 Å². The van der Waals surface area contributed by atoms with Gasteiger partial charge in [0.15, 0.2) is 11.6 Å². The Morgan fingerprint density at radius 2 is 1.52 bits per heavy atom. The first kappa shape index (κ1) is 21.2. The molecule has 2 aromatic rings. The molecule has 31 heavy (non-hydrogen) atoms. The summed E-state index contributed by atoms with van der Waals surface area (Å²) in [5.41, 5.74) is 0.157. The first-order valence-corrected chi connectivity index (χ1v) is 9.95. The number of alkyl halides is 3. The molecule has 3 heterocycles. The van der Waals surface area contributed by atoms with E-state index in [4.69, 9.17) is 4.74 Å². The fourth-order valence-electron chi connectivity index (χ4n) is 3.60. The van der Waals surface area contributed by atoms with E-state index in [0.717, 1.165) is 30.8 Å². The molecular weight excluding hydrogens is 415 g/mol. The number of carbonyl (C=O) groups is 1. The maximum Gasteiger partial charge on any atom is 0.573 e. The van der Waals surface area contributed by atoms with Crippen LogP contribution in [0.4, 0.5) is 24.8 Å². The van der Waals surface area contributed by atoms with Gasteiger partial charge in [-0.05, 0) is 30.3 Å². The number of ether oxygens (including phenoxy) is 2. The van der Waals surface area contributed by atoms with E-state index in [0.29, 0.717) is 39.4 Å². The van der Waals surface area contributed by atoms with Crippen LogP contribution in [0.15, 0.2) is 36.4 Å². The summed E-state index contributed by atoms with van der Waals surface area (Å²) in [6.07, 6.45) is -4.80. The molecular formula is C20H22F3N5O3. The van der Waals surface area contributed by atoms with Crippen molar-refractivity contribution in [2.75, 3.05) is 62.3 Å². The number of amides is 1. The molecule has 1 aromatic carbocycles. The highest BCUT2D eigenvalue weighted by atomic mass is 19.4. The molecule has 166 valence electrons. The smallest absolute Gasteiger partial charge is 0.406 e. The zero-order valence-electron chi connectivity index (χ0n) is 16.7. The van der Waals surface area contributed by atoms with Gasteiger partial charge in [-0.2, -0.15) is 0 Å². The van der Waals surface area contributed by atoms with Crippen molar-refractivity contribution >= 4 is 17.5 Å². The summed E-state index contributed by atoms with van der Waals surface area (Å²) >= 11 is 0. The topological polar surface area (TPSA) is 71.0 Å². The van der Waals surface area contributed by atoms with Gasteiger partial charge in [0, 0.05) is 44.8 Å². The largest absolute Gasteiger partial charge is 0.573 e. The van der Waals surface area contributed by atoms with Crippen molar-refractivity contribution in [2.24, 2.45) is 0 Å². The Kier molecular flexibility index (Phi) is 6.12. The molecule has 8 nitrogen and oxygen atoms in total. The monoisotopic (exact) mass is 437 g/mol. The second-order valence-corrected chi connectivity index (χ2v) is 7.20. The van der Waals surface area contributed by atoms with Crippen molar-refractivity contribution in [1.29, 1.82) is 0 Å². The predicted molar refractivity (Wildman–Crippen MR) is 106 cm³/mol. The Morgan fingerprint density at radius 1 is 0.903 bits per heavy atom. The van der Waals surface area contributed by atoms with E-state index in [1.807, 2.05) is 17.0 Å². The zero-order valence-corrected chi connectivity index (χ0v) is 16.7. The lowest BCUT2D eigenvalue weighted by molar-refractivity contribution is -0.274. The molecule has 1 amide bonds. The molecule has 0 spiro atoms. The number of benzene rings is 1. The number of aromatic nitrogens is 2. The number of halogens is 3. The summed E-state index contributed by atoms with van der Waals surface area (Å²) in [5.74, 6) is 0.792. The molecule has 2 saturated heterocycles. The minimum absolute atomic E-state index is 0.157. The Balaban J connectivity index is 1.34. The predicted octanol–water partition coefficient (Wildman–Crippen LogP) is 2.17. The van der Waals surface area contributed by atoms with Crippen LogP contribution in [-0.4, -0.2) is 79.8 Å². The van der Waals surface area contributed by atoms with Gasteiger partial charge in [0.2, 0.25) is 0 Å². The number of hydrogen-bond acceptors (Lipinski definition) is 7. The summed E-state index contributed by atoms with van der Waals surface area (Å²) in [5, 5.41) is 8.63. The van der Waals surface area contributed by atoms with Crippen molar-refractivity contribution in [3.63, 3.8) is 0 Å². The molecule has 0 bridgehead atoms. The lowest BCUT2D eigenvalue weighted by Crippen LogP contribution is -2.49. The van der Waals surface area contributed by atoms with Crippen LogP contribution in [0.5, 0.6) is 5.75 Å². The van der Waals surface area contributed by atoms with Crippen molar-refractivity contribution in [2.45, 2.75) is 6.36 Å². The van der Waals surface area contributed by atoms with Crippen molar-refractivity contribution in [1.82, 2.24) is 15.1 Å². The lowest BCUT2D eigenvalue weighted by atomic mass is 10.1. The van der Waals surface area contributed by atoms with E-state index in [-0.39, 0.29) is 11.5 Å². The first-order valence-electron chi connectivity index (χ1n) is 9.95. The third-order valence-corrected chi connectivity index (χ3v) is 5.18. The highest BCUT2D eigenvalue weighted by Gasteiger charge is 2.31. The molecule has 2 aliphatic heterocycles. The molecule has 0 atom stereocenters. The summed E-state index contributed by atoms with van der Waals surface area (Å²) in [6.45, 7) is 4.86. The summed E-state index contributed by atoms with van der Waals surface area (Å²) in [7, 11) is 0. The molecule has 1 aromatic heterocycles. The van der Waals surface area contributed by atoms with E-state index in [1.165, 1.54) is 18.2 Å². The number of anilines is 2. The normalized spacial score (nSPS) is 17.6. The van der Waals surface area contributed by atoms with Crippen LogP contribution in [0.25, 0.3) is 0 Å². The molecule has 0 saturated carbocycles. The molecule has 0 radical (unpaired) electrons. The maximum absolute atomic E-state index is 12.7. The van der Waals surface area contributed by atoms with Gasteiger partial charge < -0.3 is 24.2 Å². The van der Waals surface area contributed by atoms with Crippen molar-refractivity contribution in [3.8, 4) is 5.75 Å². The SMILES string of the molecule is O=C(c1cccc(OC(F)(F)F)c1)N1CCN(c2ccc(N3CCOCC3)nn2)CC1. The van der Waals surface area contributed by atoms with Gasteiger partial charge >= 0.3 is 6.36 Å². The van der Waals surface area contributed by atoms with Gasteiger partial charge in [0.1, 0.15) is 5.75 Å². The minimum atomic E-state index is -4.80. The van der Waals surface area contributed by atoms with Crippen LogP contribution in [-0.2, 0) is 4.74 Å². The van der Waals surface area contributed by atoms with E-state index in [9.17, 15) is 18.0 Å². The molecule has 0 unspecified atom stereocenters. The van der Waals surface area contributed by atoms with Crippen LogP contribution >= 0.6 is 0 Å². The standard InChI is InChI=1S/C20H22F3N5O3/c21-20(22,23)31-16-3-1-2-15(14-16)19(29)28-8-6-26(7-9-28)17-4-5-18(25-24-17)27-10-12-30-13-11-27/h1-5,14H,6-13H2. The van der Waals surface area contributed by atoms with Gasteiger partial charge in [0.25, 0.3) is 5.91 Å². The van der Waals surface area contributed by atoms with Gasteiger partial charge in [0.05, 0.1) is 13.2 Å². The third kappa shape index (κ3) is 5.35. The number of piperazine rings is 1. The Morgan fingerprint density at radius 3 is 2.10 bits per heavy atom. The molecule has 0 N–H and O–H groups in total. The Bertz CT molecular complexity index is 896. The van der Waals surface area contributed by atoms with Gasteiger partial charge in [-0.25, -0.2) is 0 Å². The van der Waals surface area contributed by atoms with E-state index >= 15 is 0 Å². The summed E-state index contributed by atoms with van der Waals surface area (Å²) < 4.78 is 46.5. The highest BCUT2D eigenvalue weighted by molar-refractivity contribution is 5.94. The van der Waals surface area contributed by atoms with E-state index in [1.54, 1.807) is 4.90 Å². The van der Waals surface area contributed by atoms with Crippen LogP contribution < -0.4 is 14.5 Å². The van der Waals surface area contributed by atoms with Gasteiger partial charge in [-0.3, -0.25) is 4.79 Å². The average Bonchev–Trinajstić information content (AvgIpc) is 2.78. The summed E-state index contributed by atoms with van der Waals surface area (Å²) in [4.78, 5) is 18.5. The van der Waals surface area contributed by atoms with Crippen LogP contribution in [0.1, 0.15) is 10.4 Å². The fourth-order valence-corrected chi connectivity index (χ4v) is 3.60. The number of morpholine rings is 1. The molecule has 2 aliphatic rings. The zero-order chi connectivity index (χ0) is 21.8. The molecule has 2 fully saturated rings.